The first-order valence-corrected chi connectivity index (χ1v) is 13.9. The Balaban J connectivity index is 1.17. The number of rotatable bonds is 8. The van der Waals surface area contributed by atoms with Gasteiger partial charge in [-0.1, -0.05) is 29.8 Å². The maximum Gasteiger partial charge on any atom is 0.255 e. The number of nitrogens with one attached hydrogen (secondary N) is 2. The molecule has 0 spiro atoms. The van der Waals surface area contributed by atoms with Gasteiger partial charge < -0.3 is 34.9 Å². The quantitative estimate of drug-likeness (QED) is 0.367. The molecule has 1 fully saturated rings. The van der Waals surface area contributed by atoms with Crippen LogP contribution in [0.5, 0.6) is 11.5 Å². The van der Waals surface area contributed by atoms with Gasteiger partial charge in [-0.25, -0.2) is 9.97 Å². The molecule has 12 heteroatoms. The molecule has 4 heterocycles. The minimum absolute atomic E-state index is 0.156. The van der Waals surface area contributed by atoms with Crippen molar-refractivity contribution < 1.29 is 28.9 Å². The molecule has 2 aromatic carbocycles. The lowest BCUT2D eigenvalue weighted by Crippen LogP contribution is -2.49. The molecule has 214 valence electrons. The average Bonchev–Trinajstić information content (AvgIpc) is 3.59. The minimum atomic E-state index is -1.06. The number of aliphatic hydroxyl groups excluding tert-OH is 1. The maximum atomic E-state index is 13.5. The Morgan fingerprint density at radius 3 is 2.78 bits per heavy atom. The summed E-state index contributed by atoms with van der Waals surface area (Å²) in [5, 5.41) is 16.8. The molecule has 1 saturated heterocycles. The van der Waals surface area contributed by atoms with E-state index in [1.165, 1.54) is 4.90 Å². The number of aliphatic hydroxyl groups is 1. The second-order valence-electron chi connectivity index (χ2n) is 10.3. The van der Waals surface area contributed by atoms with Crippen molar-refractivity contribution in [2.24, 2.45) is 0 Å². The highest BCUT2D eigenvalue weighted by atomic mass is 35.5. The number of hydrogen-bond acceptors (Lipinski definition) is 9. The molecule has 2 atom stereocenters. The number of ether oxygens (including phenoxy) is 3. The Labute approximate surface area is 241 Å². The first kappa shape index (κ1) is 27.3. The zero-order valence-corrected chi connectivity index (χ0v) is 23.2. The van der Waals surface area contributed by atoms with E-state index in [4.69, 9.17) is 25.8 Å². The minimum Gasteiger partial charge on any atom is -0.454 e. The van der Waals surface area contributed by atoms with Crippen molar-refractivity contribution in [1.82, 2.24) is 20.2 Å². The van der Waals surface area contributed by atoms with Crippen LogP contribution in [0.25, 0.3) is 11.3 Å². The molecule has 0 aliphatic carbocycles. The molecule has 0 bridgehead atoms. The van der Waals surface area contributed by atoms with E-state index in [9.17, 15) is 14.7 Å². The van der Waals surface area contributed by atoms with Crippen molar-refractivity contribution in [1.29, 1.82) is 0 Å². The summed E-state index contributed by atoms with van der Waals surface area (Å²) in [6.45, 7) is 3.03. The van der Waals surface area contributed by atoms with Crippen molar-refractivity contribution in [2.45, 2.75) is 44.4 Å². The van der Waals surface area contributed by atoms with Gasteiger partial charge in [0.25, 0.3) is 5.91 Å². The van der Waals surface area contributed by atoms with Gasteiger partial charge in [0.15, 0.2) is 11.5 Å². The van der Waals surface area contributed by atoms with Gasteiger partial charge in [0, 0.05) is 36.9 Å². The highest BCUT2D eigenvalue weighted by Crippen LogP contribution is 2.35. The van der Waals surface area contributed by atoms with E-state index in [1.54, 1.807) is 18.3 Å². The highest BCUT2D eigenvalue weighted by molar-refractivity contribution is 6.33. The molecular formula is C29H30ClN5O6. The fourth-order valence-electron chi connectivity index (χ4n) is 5.28. The summed E-state index contributed by atoms with van der Waals surface area (Å²) in [7, 11) is 0. The normalized spacial score (nSPS) is 17.7. The number of nitrogens with zero attached hydrogens (tertiary/aromatic N) is 3. The van der Waals surface area contributed by atoms with Crippen molar-refractivity contribution in [3.63, 3.8) is 0 Å². The van der Waals surface area contributed by atoms with E-state index in [0.29, 0.717) is 52.5 Å². The fraction of sp³-hybridized carbons (Fsp3) is 0.379. The van der Waals surface area contributed by atoms with Crippen molar-refractivity contribution in [3.05, 3.63) is 64.3 Å². The molecule has 0 unspecified atom stereocenters. The predicted molar refractivity (Wildman–Crippen MR) is 150 cm³/mol. The summed E-state index contributed by atoms with van der Waals surface area (Å²) in [6, 6.07) is 9.60. The van der Waals surface area contributed by atoms with Gasteiger partial charge >= 0.3 is 0 Å². The molecule has 1 aromatic heterocycles. The number of carbonyl (C=O) groups is 2. The standard InChI is InChI=1S/C29H30ClN5O6/c1-16(17-4-5-24-25(11-17)41-15-40-24)32-27(37)23(14-36)35-13-19-3-2-18(10-21(19)28(35)38)26-22(30)12-31-29(34-26)33-20-6-8-39-9-7-20/h2-5,10-12,16,20,23,36H,6-9,13-15H2,1H3,(H,32,37)(H,31,33,34)/t16-,23-/m1/s1. The lowest BCUT2D eigenvalue weighted by atomic mass is 10.0. The Hall–Kier alpha value is -3.93. The summed E-state index contributed by atoms with van der Waals surface area (Å²) in [5.74, 6) is 0.909. The van der Waals surface area contributed by atoms with E-state index in [-0.39, 0.29) is 31.3 Å². The van der Waals surface area contributed by atoms with Crippen LogP contribution in [0.3, 0.4) is 0 Å². The van der Waals surface area contributed by atoms with Gasteiger partial charge in [-0.05, 0) is 49.1 Å². The van der Waals surface area contributed by atoms with E-state index in [0.717, 1.165) is 24.0 Å². The van der Waals surface area contributed by atoms with E-state index in [2.05, 4.69) is 20.6 Å². The average molecular weight is 580 g/mol. The molecule has 2 amide bonds. The van der Waals surface area contributed by atoms with Gasteiger partial charge in [0.1, 0.15) is 6.04 Å². The zero-order valence-electron chi connectivity index (χ0n) is 22.4. The van der Waals surface area contributed by atoms with Crippen LogP contribution in [0.15, 0.2) is 42.6 Å². The summed E-state index contributed by atoms with van der Waals surface area (Å²) in [6.07, 6.45) is 3.26. The van der Waals surface area contributed by atoms with Crippen LogP contribution < -0.4 is 20.1 Å². The smallest absolute Gasteiger partial charge is 0.255 e. The van der Waals surface area contributed by atoms with Crippen LogP contribution in [-0.4, -0.2) is 70.5 Å². The maximum absolute atomic E-state index is 13.5. The fourth-order valence-corrected chi connectivity index (χ4v) is 5.48. The monoisotopic (exact) mass is 579 g/mol. The summed E-state index contributed by atoms with van der Waals surface area (Å²) in [4.78, 5) is 37.1. The Kier molecular flexibility index (Phi) is 7.65. The number of aromatic nitrogens is 2. The molecule has 3 aliphatic rings. The van der Waals surface area contributed by atoms with E-state index < -0.39 is 18.6 Å². The number of amides is 2. The molecule has 0 radical (unpaired) electrons. The van der Waals surface area contributed by atoms with E-state index >= 15 is 0 Å². The van der Waals surface area contributed by atoms with Crippen molar-refractivity contribution in [3.8, 4) is 22.8 Å². The van der Waals surface area contributed by atoms with Gasteiger partial charge in [0.05, 0.1) is 29.6 Å². The number of halogens is 1. The molecule has 3 aromatic rings. The highest BCUT2D eigenvalue weighted by Gasteiger charge is 2.37. The Bertz CT molecular complexity index is 1480. The number of fused-ring (bicyclic) bond motifs is 2. The SMILES string of the molecule is C[C@@H](NC(=O)[C@@H](CO)N1Cc2ccc(-c3nc(NC4CCOCC4)ncc3Cl)cc2C1=O)c1ccc2c(c1)OCO2. The van der Waals surface area contributed by atoms with Crippen LogP contribution in [0.1, 0.15) is 47.3 Å². The Morgan fingerprint density at radius 1 is 1.17 bits per heavy atom. The number of anilines is 1. The van der Waals surface area contributed by atoms with Crippen LogP contribution in [-0.2, 0) is 16.1 Å². The molecule has 11 nitrogen and oxygen atoms in total. The molecule has 0 saturated carbocycles. The van der Waals surface area contributed by atoms with Crippen LogP contribution in [0.2, 0.25) is 5.02 Å². The van der Waals surface area contributed by atoms with Gasteiger partial charge in [-0.15, -0.1) is 0 Å². The molecule has 6 rings (SSSR count). The first-order chi connectivity index (χ1) is 19.9. The van der Waals surface area contributed by atoms with Gasteiger partial charge in [0.2, 0.25) is 18.6 Å². The lowest BCUT2D eigenvalue weighted by Gasteiger charge is -2.27. The molecule has 41 heavy (non-hydrogen) atoms. The lowest BCUT2D eigenvalue weighted by molar-refractivity contribution is -0.127. The first-order valence-electron chi connectivity index (χ1n) is 13.5. The second kappa shape index (κ2) is 11.5. The van der Waals surface area contributed by atoms with Gasteiger partial charge in [-0.3, -0.25) is 9.59 Å². The zero-order chi connectivity index (χ0) is 28.5. The van der Waals surface area contributed by atoms with Crippen LogP contribution in [0, 0.1) is 0 Å². The van der Waals surface area contributed by atoms with E-state index in [1.807, 2.05) is 31.2 Å². The topological polar surface area (TPSA) is 135 Å². The third-order valence-electron chi connectivity index (χ3n) is 7.62. The molecule has 3 aliphatic heterocycles. The number of carbonyl (C=O) groups excluding carboxylic acids is 2. The third kappa shape index (κ3) is 5.52. The summed E-state index contributed by atoms with van der Waals surface area (Å²) in [5.41, 5.74) is 3.15. The second-order valence-corrected chi connectivity index (χ2v) is 10.7. The van der Waals surface area contributed by atoms with Crippen molar-refractivity contribution in [2.75, 3.05) is 31.9 Å². The van der Waals surface area contributed by atoms with Gasteiger partial charge in [-0.2, -0.15) is 0 Å². The predicted octanol–water partition coefficient (Wildman–Crippen LogP) is 3.31. The van der Waals surface area contributed by atoms with Crippen LogP contribution in [0.4, 0.5) is 5.95 Å². The largest absolute Gasteiger partial charge is 0.454 e. The Morgan fingerprint density at radius 2 is 1.98 bits per heavy atom. The number of benzene rings is 2. The number of hydrogen-bond donors (Lipinski definition) is 3. The van der Waals surface area contributed by atoms with Crippen LogP contribution >= 0.6 is 11.6 Å². The summed E-state index contributed by atoms with van der Waals surface area (Å²) >= 11 is 6.47. The third-order valence-corrected chi connectivity index (χ3v) is 7.90. The molecular weight excluding hydrogens is 550 g/mol. The van der Waals surface area contributed by atoms with Crippen molar-refractivity contribution >= 4 is 29.4 Å². The summed E-state index contributed by atoms with van der Waals surface area (Å²) < 4.78 is 16.2. The molecule has 3 N–H and O–H groups in total.